The van der Waals surface area contributed by atoms with Crippen LogP contribution in [0.2, 0.25) is 0 Å². The van der Waals surface area contributed by atoms with Gasteiger partial charge in [0, 0.05) is 0 Å². The Balaban J connectivity index is 1.79. The summed E-state index contributed by atoms with van der Waals surface area (Å²) < 4.78 is 7.17. The van der Waals surface area contributed by atoms with Crippen molar-refractivity contribution in [3.8, 4) is 5.75 Å². The Morgan fingerprint density at radius 3 is 2.39 bits per heavy atom. The first kappa shape index (κ1) is 20.1. The highest BCUT2D eigenvalue weighted by Crippen LogP contribution is 2.36. The lowest BCUT2D eigenvalue weighted by Crippen LogP contribution is -2.35. The molecule has 2 aromatic rings. The van der Waals surface area contributed by atoms with Crippen molar-refractivity contribution >= 4 is 55.8 Å². The molecule has 9 heteroatoms. The maximum Gasteiger partial charge on any atom is 0.329 e. The number of imide groups is 1. The van der Waals surface area contributed by atoms with Gasteiger partial charge in [0.2, 0.25) is 0 Å². The van der Waals surface area contributed by atoms with Gasteiger partial charge >= 0.3 is 12.0 Å². The minimum atomic E-state index is -1.27. The molecule has 1 saturated heterocycles. The first-order valence-electron chi connectivity index (χ1n) is 8.07. The number of carboxylic acid groups (broad SMARTS) is 1. The van der Waals surface area contributed by atoms with Crippen LogP contribution in [0.15, 0.2) is 57.1 Å². The van der Waals surface area contributed by atoms with E-state index in [1.54, 1.807) is 12.1 Å². The van der Waals surface area contributed by atoms with Gasteiger partial charge in [-0.05, 0) is 61.2 Å². The highest BCUT2D eigenvalue weighted by atomic mass is 79.9. The van der Waals surface area contributed by atoms with Crippen LogP contribution in [0.4, 0.5) is 4.79 Å². The fraction of sp³-hybridized carbons (Fsp3) is 0.105. The molecule has 0 unspecified atom stereocenters. The quantitative estimate of drug-likeness (QED) is 0.456. The molecule has 1 aliphatic heterocycles. The monoisotopic (exact) mass is 508 g/mol. The average Bonchev–Trinajstić information content (AvgIpc) is 2.89. The summed E-state index contributed by atoms with van der Waals surface area (Å²) in [7, 11) is 0. The summed E-state index contributed by atoms with van der Waals surface area (Å²) in [5.41, 5.74) is 1.64. The van der Waals surface area contributed by atoms with Crippen LogP contribution in [-0.4, -0.2) is 34.5 Å². The number of nitrogens with zero attached hydrogens (tertiary/aromatic N) is 1. The van der Waals surface area contributed by atoms with Crippen molar-refractivity contribution in [3.05, 3.63) is 68.2 Å². The number of nitrogens with one attached hydrogen (secondary N) is 1. The zero-order valence-corrected chi connectivity index (χ0v) is 17.5. The second-order valence-corrected chi connectivity index (χ2v) is 7.57. The number of rotatable bonds is 6. The molecule has 2 aromatic carbocycles. The Kier molecular flexibility index (Phi) is 6.15. The number of carbonyl (C=O) groups is 3. The van der Waals surface area contributed by atoms with Crippen molar-refractivity contribution in [2.24, 2.45) is 0 Å². The van der Waals surface area contributed by atoms with Crippen molar-refractivity contribution in [3.63, 3.8) is 0 Å². The van der Waals surface area contributed by atoms with Crippen molar-refractivity contribution in [2.45, 2.75) is 6.61 Å². The van der Waals surface area contributed by atoms with Crippen LogP contribution in [0.3, 0.4) is 0 Å². The van der Waals surface area contributed by atoms with Gasteiger partial charge in [0.25, 0.3) is 5.91 Å². The van der Waals surface area contributed by atoms with Crippen molar-refractivity contribution < 1.29 is 24.2 Å². The molecule has 2 N–H and O–H groups in total. The van der Waals surface area contributed by atoms with Gasteiger partial charge in [-0.25, -0.2) is 9.69 Å². The molecule has 0 saturated carbocycles. The summed E-state index contributed by atoms with van der Waals surface area (Å²) in [5, 5.41) is 11.2. The van der Waals surface area contributed by atoms with E-state index in [-0.39, 0.29) is 5.70 Å². The Labute approximate surface area is 177 Å². The van der Waals surface area contributed by atoms with Gasteiger partial charge in [-0.15, -0.1) is 0 Å². The second-order valence-electron chi connectivity index (χ2n) is 5.86. The van der Waals surface area contributed by atoms with Gasteiger partial charge < -0.3 is 15.2 Å². The number of hydrogen-bond acceptors (Lipinski definition) is 4. The third-order valence-electron chi connectivity index (χ3n) is 3.81. The first-order chi connectivity index (χ1) is 13.3. The molecule has 0 atom stereocenters. The predicted molar refractivity (Wildman–Crippen MR) is 108 cm³/mol. The molecular formula is C19H14Br2N2O5. The molecule has 7 nitrogen and oxygen atoms in total. The molecule has 3 amide bonds. The van der Waals surface area contributed by atoms with E-state index in [1.165, 1.54) is 6.08 Å². The molecule has 0 aliphatic carbocycles. The van der Waals surface area contributed by atoms with Gasteiger partial charge in [0.05, 0.1) is 8.95 Å². The topological polar surface area (TPSA) is 95.9 Å². The molecule has 1 aliphatic rings. The minimum Gasteiger partial charge on any atom is -0.487 e. The smallest absolute Gasteiger partial charge is 0.329 e. The van der Waals surface area contributed by atoms with E-state index >= 15 is 0 Å². The van der Waals surface area contributed by atoms with E-state index in [9.17, 15) is 14.4 Å². The molecule has 3 rings (SSSR count). The number of benzene rings is 2. The Hall–Kier alpha value is -2.65. The van der Waals surface area contributed by atoms with E-state index in [0.717, 1.165) is 5.56 Å². The first-order valence-corrected chi connectivity index (χ1v) is 9.66. The zero-order valence-electron chi connectivity index (χ0n) is 14.3. The molecular weight excluding hydrogens is 496 g/mol. The maximum atomic E-state index is 12.2. The summed E-state index contributed by atoms with van der Waals surface area (Å²) >= 11 is 6.90. The molecule has 28 heavy (non-hydrogen) atoms. The molecule has 1 fully saturated rings. The minimum absolute atomic E-state index is 0.00278. The molecule has 1 heterocycles. The molecule has 0 spiro atoms. The van der Waals surface area contributed by atoms with Crippen LogP contribution in [0.1, 0.15) is 11.1 Å². The second kappa shape index (κ2) is 8.57. The third kappa shape index (κ3) is 4.60. The van der Waals surface area contributed by atoms with Crippen LogP contribution < -0.4 is 10.1 Å². The zero-order chi connectivity index (χ0) is 20.3. The standard InChI is InChI=1S/C19H14Br2N2O5/c20-13-6-12(8-15-18(26)23(9-16(24)25)19(27)22-15)7-14(21)17(13)28-10-11-4-2-1-3-5-11/h1-8H,9-10H2,(H,22,27)(H,24,25)/b15-8+. The lowest BCUT2D eigenvalue weighted by atomic mass is 10.2. The number of amides is 3. The number of hydrogen-bond donors (Lipinski definition) is 2. The SMILES string of the molecule is O=C(O)CN1C(=O)N/C(=C/c2cc(Br)c(OCc3ccccc3)c(Br)c2)C1=O. The van der Waals surface area contributed by atoms with E-state index in [1.807, 2.05) is 30.3 Å². The predicted octanol–water partition coefficient (Wildman–Crippen LogP) is 3.77. The number of ether oxygens (including phenoxy) is 1. The highest BCUT2D eigenvalue weighted by molar-refractivity contribution is 9.11. The normalized spacial score (nSPS) is 15.1. The van der Waals surface area contributed by atoms with E-state index in [4.69, 9.17) is 9.84 Å². The largest absolute Gasteiger partial charge is 0.487 e. The fourth-order valence-corrected chi connectivity index (χ4v) is 4.00. The maximum absolute atomic E-state index is 12.2. The van der Waals surface area contributed by atoms with Crippen LogP contribution in [0.5, 0.6) is 5.75 Å². The van der Waals surface area contributed by atoms with Crippen LogP contribution >= 0.6 is 31.9 Å². The molecule has 0 bridgehead atoms. The summed E-state index contributed by atoms with van der Waals surface area (Å²) in [6.45, 7) is -0.307. The Bertz CT molecular complexity index is 953. The summed E-state index contributed by atoms with van der Waals surface area (Å²) in [5.74, 6) is -1.36. The van der Waals surface area contributed by atoms with Gasteiger partial charge in [-0.3, -0.25) is 9.59 Å². The van der Waals surface area contributed by atoms with Gasteiger partial charge in [-0.1, -0.05) is 30.3 Å². The van der Waals surface area contributed by atoms with Crippen LogP contribution in [0.25, 0.3) is 6.08 Å². The van der Waals surface area contributed by atoms with E-state index in [2.05, 4.69) is 37.2 Å². The molecule has 144 valence electrons. The number of urea groups is 1. The Morgan fingerprint density at radius 2 is 1.79 bits per heavy atom. The molecule has 0 radical (unpaired) electrons. The number of aliphatic carboxylic acids is 1. The lowest BCUT2D eigenvalue weighted by molar-refractivity contribution is -0.140. The van der Waals surface area contributed by atoms with Gasteiger partial charge in [-0.2, -0.15) is 0 Å². The van der Waals surface area contributed by atoms with Crippen molar-refractivity contribution in [2.75, 3.05) is 6.54 Å². The lowest BCUT2D eigenvalue weighted by Gasteiger charge is -2.11. The van der Waals surface area contributed by atoms with Crippen LogP contribution in [0, 0.1) is 0 Å². The van der Waals surface area contributed by atoms with E-state index < -0.39 is 24.5 Å². The van der Waals surface area contributed by atoms with Crippen LogP contribution in [-0.2, 0) is 16.2 Å². The Morgan fingerprint density at radius 1 is 1.14 bits per heavy atom. The van der Waals surface area contributed by atoms with Gasteiger partial charge in [0.15, 0.2) is 0 Å². The molecule has 0 aromatic heterocycles. The highest BCUT2D eigenvalue weighted by Gasteiger charge is 2.34. The van der Waals surface area contributed by atoms with E-state index in [0.29, 0.717) is 31.8 Å². The third-order valence-corrected chi connectivity index (χ3v) is 4.99. The summed E-state index contributed by atoms with van der Waals surface area (Å²) in [6, 6.07) is 12.4. The summed E-state index contributed by atoms with van der Waals surface area (Å²) in [6.07, 6.45) is 1.47. The number of halogens is 2. The van der Waals surface area contributed by atoms with Crippen molar-refractivity contribution in [1.29, 1.82) is 0 Å². The average molecular weight is 510 g/mol. The van der Waals surface area contributed by atoms with Crippen molar-refractivity contribution in [1.82, 2.24) is 10.2 Å². The van der Waals surface area contributed by atoms with Gasteiger partial charge in [0.1, 0.15) is 24.6 Å². The number of carboxylic acids is 1. The number of carbonyl (C=O) groups excluding carboxylic acids is 2. The summed E-state index contributed by atoms with van der Waals surface area (Å²) in [4.78, 5) is 35.4. The fourth-order valence-electron chi connectivity index (χ4n) is 2.55.